The van der Waals surface area contributed by atoms with Crippen LogP contribution < -0.4 is 9.80 Å². The van der Waals surface area contributed by atoms with Crippen molar-refractivity contribution in [3.05, 3.63) is 53.7 Å². The van der Waals surface area contributed by atoms with E-state index in [0.717, 1.165) is 43.9 Å². The fraction of sp³-hybridized carbons (Fsp3) is 0.455. The second-order valence-electron chi connectivity index (χ2n) is 7.85. The second kappa shape index (κ2) is 6.87. The van der Waals surface area contributed by atoms with E-state index in [-0.39, 0.29) is 11.9 Å². The third-order valence-corrected chi connectivity index (χ3v) is 6.08. The quantitative estimate of drug-likeness (QED) is 0.803. The molecule has 0 bridgehead atoms. The number of ether oxygens (including phenoxy) is 2. The zero-order valence-electron chi connectivity index (χ0n) is 16.1. The first kappa shape index (κ1) is 17.6. The van der Waals surface area contributed by atoms with Crippen LogP contribution in [-0.4, -0.2) is 49.0 Å². The SMILES string of the molecule is CC1Cc2ccccc2N1C(=O)c1ccnc(N2CCC3(CC2)OCCO3)c1. The van der Waals surface area contributed by atoms with Crippen LogP contribution in [0.2, 0.25) is 0 Å². The Morgan fingerprint density at radius 2 is 1.89 bits per heavy atom. The van der Waals surface area contributed by atoms with Gasteiger partial charge in [-0.1, -0.05) is 18.2 Å². The van der Waals surface area contributed by atoms with E-state index in [0.29, 0.717) is 18.8 Å². The Labute approximate surface area is 165 Å². The Morgan fingerprint density at radius 3 is 2.68 bits per heavy atom. The molecule has 1 atom stereocenters. The Balaban J connectivity index is 1.35. The third-order valence-electron chi connectivity index (χ3n) is 6.08. The van der Waals surface area contributed by atoms with Crippen molar-refractivity contribution in [1.82, 2.24) is 4.98 Å². The van der Waals surface area contributed by atoms with Crippen molar-refractivity contribution < 1.29 is 14.3 Å². The van der Waals surface area contributed by atoms with Gasteiger partial charge >= 0.3 is 0 Å². The highest BCUT2D eigenvalue weighted by Crippen LogP contribution is 2.35. The van der Waals surface area contributed by atoms with Crippen molar-refractivity contribution in [2.24, 2.45) is 0 Å². The molecule has 146 valence electrons. The maximum Gasteiger partial charge on any atom is 0.258 e. The Kier molecular flexibility index (Phi) is 4.33. The van der Waals surface area contributed by atoms with E-state index in [1.165, 1.54) is 5.56 Å². The van der Waals surface area contributed by atoms with E-state index in [4.69, 9.17) is 9.47 Å². The van der Waals surface area contributed by atoms with Gasteiger partial charge < -0.3 is 19.3 Å². The summed E-state index contributed by atoms with van der Waals surface area (Å²) in [6.07, 6.45) is 4.28. The van der Waals surface area contributed by atoms with Crippen LogP contribution >= 0.6 is 0 Å². The number of rotatable bonds is 2. The first-order chi connectivity index (χ1) is 13.7. The van der Waals surface area contributed by atoms with Crippen molar-refractivity contribution in [2.75, 3.05) is 36.1 Å². The van der Waals surface area contributed by atoms with Crippen LogP contribution in [0.3, 0.4) is 0 Å². The molecule has 4 heterocycles. The molecule has 0 aliphatic carbocycles. The Morgan fingerprint density at radius 1 is 1.14 bits per heavy atom. The van der Waals surface area contributed by atoms with Crippen LogP contribution in [0.4, 0.5) is 11.5 Å². The molecule has 1 aromatic carbocycles. The minimum Gasteiger partial charge on any atom is -0.356 e. The Hall–Kier alpha value is -2.44. The van der Waals surface area contributed by atoms with Gasteiger partial charge in [0.25, 0.3) is 5.91 Å². The van der Waals surface area contributed by atoms with Crippen LogP contribution in [-0.2, 0) is 15.9 Å². The van der Waals surface area contributed by atoms with Gasteiger partial charge in [-0.25, -0.2) is 4.98 Å². The van der Waals surface area contributed by atoms with Gasteiger partial charge in [0.05, 0.1) is 13.2 Å². The standard InChI is InChI=1S/C22H25N3O3/c1-16-14-17-4-2-3-5-19(17)25(16)21(26)18-6-9-23-20(15-18)24-10-7-22(8-11-24)27-12-13-28-22/h2-6,9,15-16H,7-8,10-14H2,1H3. The molecule has 2 fully saturated rings. The van der Waals surface area contributed by atoms with Crippen molar-refractivity contribution in [1.29, 1.82) is 0 Å². The number of carbonyl (C=O) groups is 1. The monoisotopic (exact) mass is 379 g/mol. The maximum absolute atomic E-state index is 13.3. The molecule has 3 aliphatic heterocycles. The minimum atomic E-state index is -0.404. The molecule has 3 aliphatic rings. The number of hydrogen-bond acceptors (Lipinski definition) is 5. The third kappa shape index (κ3) is 2.97. The molecule has 28 heavy (non-hydrogen) atoms. The average molecular weight is 379 g/mol. The lowest BCUT2D eigenvalue weighted by Crippen LogP contribution is -2.45. The van der Waals surface area contributed by atoms with E-state index in [1.807, 2.05) is 35.2 Å². The van der Waals surface area contributed by atoms with Crippen molar-refractivity contribution >= 4 is 17.4 Å². The number of amides is 1. The number of fused-ring (bicyclic) bond motifs is 1. The fourth-order valence-electron chi connectivity index (χ4n) is 4.60. The number of carbonyl (C=O) groups excluding carboxylic acids is 1. The molecule has 0 saturated carbocycles. The van der Waals surface area contributed by atoms with E-state index in [2.05, 4.69) is 22.9 Å². The number of para-hydroxylation sites is 1. The van der Waals surface area contributed by atoms with Gasteiger partial charge in [0.1, 0.15) is 5.82 Å². The zero-order chi connectivity index (χ0) is 19.1. The van der Waals surface area contributed by atoms with Gasteiger partial charge in [-0.2, -0.15) is 0 Å². The van der Waals surface area contributed by atoms with Crippen LogP contribution in [0.5, 0.6) is 0 Å². The van der Waals surface area contributed by atoms with Crippen LogP contribution in [0.1, 0.15) is 35.7 Å². The highest BCUT2D eigenvalue weighted by atomic mass is 16.7. The molecule has 1 unspecified atom stereocenters. The van der Waals surface area contributed by atoms with E-state index >= 15 is 0 Å². The molecule has 6 heteroatoms. The lowest BCUT2D eigenvalue weighted by molar-refractivity contribution is -0.169. The van der Waals surface area contributed by atoms with Crippen molar-refractivity contribution in [3.8, 4) is 0 Å². The molecular weight excluding hydrogens is 354 g/mol. The first-order valence-corrected chi connectivity index (χ1v) is 10.1. The minimum absolute atomic E-state index is 0.0389. The largest absolute Gasteiger partial charge is 0.356 e. The van der Waals surface area contributed by atoms with E-state index in [9.17, 15) is 4.79 Å². The van der Waals surface area contributed by atoms with E-state index < -0.39 is 5.79 Å². The maximum atomic E-state index is 13.3. The summed E-state index contributed by atoms with van der Waals surface area (Å²) in [5.41, 5.74) is 2.94. The number of hydrogen-bond donors (Lipinski definition) is 0. The topological polar surface area (TPSA) is 54.9 Å². The number of anilines is 2. The van der Waals surface area contributed by atoms with Gasteiger partial charge in [0.2, 0.25) is 0 Å². The summed E-state index contributed by atoms with van der Waals surface area (Å²) in [7, 11) is 0. The lowest BCUT2D eigenvalue weighted by Gasteiger charge is -2.38. The van der Waals surface area contributed by atoms with Gasteiger partial charge in [-0.3, -0.25) is 4.79 Å². The molecule has 2 saturated heterocycles. The highest BCUT2D eigenvalue weighted by molar-refractivity contribution is 6.08. The summed E-state index contributed by atoms with van der Waals surface area (Å²) in [4.78, 5) is 22.0. The zero-order valence-corrected chi connectivity index (χ0v) is 16.1. The van der Waals surface area contributed by atoms with Crippen LogP contribution in [0.25, 0.3) is 0 Å². The van der Waals surface area contributed by atoms with Gasteiger partial charge in [0, 0.05) is 49.4 Å². The molecule has 1 amide bonds. The van der Waals surface area contributed by atoms with Gasteiger partial charge in [-0.15, -0.1) is 0 Å². The Bertz CT molecular complexity index is 884. The number of benzene rings is 1. The summed E-state index contributed by atoms with van der Waals surface area (Å²) in [6.45, 7) is 5.09. The molecular formula is C22H25N3O3. The smallest absolute Gasteiger partial charge is 0.258 e. The number of piperidine rings is 1. The normalized spacial score (nSPS) is 23.2. The molecule has 6 nitrogen and oxygen atoms in total. The van der Waals surface area contributed by atoms with Crippen molar-refractivity contribution in [3.63, 3.8) is 0 Å². The summed E-state index contributed by atoms with van der Waals surface area (Å²) in [5, 5.41) is 0. The first-order valence-electron chi connectivity index (χ1n) is 10.1. The molecule has 0 radical (unpaired) electrons. The number of pyridine rings is 1. The average Bonchev–Trinajstić information content (AvgIpc) is 3.31. The van der Waals surface area contributed by atoms with Crippen molar-refractivity contribution in [2.45, 2.75) is 38.0 Å². The fourth-order valence-corrected chi connectivity index (χ4v) is 4.60. The number of nitrogens with zero attached hydrogens (tertiary/aromatic N) is 3. The lowest BCUT2D eigenvalue weighted by atomic mass is 10.0. The summed E-state index contributed by atoms with van der Waals surface area (Å²) in [6, 6.07) is 12.1. The molecule has 1 aromatic heterocycles. The summed E-state index contributed by atoms with van der Waals surface area (Å²) < 4.78 is 11.6. The van der Waals surface area contributed by atoms with E-state index in [1.54, 1.807) is 6.20 Å². The predicted octanol–water partition coefficient (Wildman–Crippen LogP) is 3.02. The summed E-state index contributed by atoms with van der Waals surface area (Å²) >= 11 is 0. The predicted molar refractivity (Wildman–Crippen MR) is 107 cm³/mol. The molecule has 2 aromatic rings. The summed E-state index contributed by atoms with van der Waals surface area (Å²) in [5.74, 6) is 0.481. The van der Waals surface area contributed by atoms with Gasteiger partial charge in [-0.05, 0) is 37.1 Å². The second-order valence-corrected chi connectivity index (χ2v) is 7.85. The highest BCUT2D eigenvalue weighted by Gasteiger charge is 2.40. The number of aromatic nitrogens is 1. The van der Waals surface area contributed by atoms with Crippen LogP contribution in [0, 0.1) is 0 Å². The molecule has 0 N–H and O–H groups in total. The van der Waals surface area contributed by atoms with Gasteiger partial charge in [0.15, 0.2) is 5.79 Å². The van der Waals surface area contributed by atoms with Crippen LogP contribution in [0.15, 0.2) is 42.6 Å². The molecule has 1 spiro atoms. The molecule has 5 rings (SSSR count).